The van der Waals surface area contributed by atoms with Crippen molar-refractivity contribution in [2.75, 3.05) is 19.1 Å². The molecule has 4 rings (SSSR count). The van der Waals surface area contributed by atoms with Crippen molar-refractivity contribution >= 4 is 23.1 Å². The van der Waals surface area contributed by atoms with Crippen LogP contribution in [-0.4, -0.2) is 31.0 Å². The van der Waals surface area contributed by atoms with E-state index in [0.29, 0.717) is 22.7 Å². The Morgan fingerprint density at radius 1 is 0.865 bits per heavy atom. The molecule has 1 fully saturated rings. The summed E-state index contributed by atoms with van der Waals surface area (Å²) in [5, 5.41) is 11.6. The molecule has 1 unspecified atom stereocenters. The van der Waals surface area contributed by atoms with Gasteiger partial charge in [0.15, 0.2) is 0 Å². The van der Waals surface area contributed by atoms with Gasteiger partial charge in [0.2, 0.25) is 0 Å². The first-order valence-electron chi connectivity index (χ1n) is 12.2. The Balaban J connectivity index is 1.94. The van der Waals surface area contributed by atoms with Crippen molar-refractivity contribution in [2.45, 2.75) is 46.1 Å². The molecule has 0 aliphatic carbocycles. The summed E-state index contributed by atoms with van der Waals surface area (Å²) in [6.07, 6.45) is 0. The first-order chi connectivity index (χ1) is 17.5. The van der Waals surface area contributed by atoms with Crippen LogP contribution in [-0.2, 0) is 15.0 Å². The van der Waals surface area contributed by atoms with Crippen LogP contribution in [0, 0.1) is 13.8 Å². The summed E-state index contributed by atoms with van der Waals surface area (Å²) >= 11 is 0. The van der Waals surface area contributed by atoms with E-state index in [-0.39, 0.29) is 16.7 Å². The molecule has 3 aromatic carbocycles. The zero-order valence-corrected chi connectivity index (χ0v) is 22.4. The van der Waals surface area contributed by atoms with Gasteiger partial charge in [0.05, 0.1) is 25.8 Å². The van der Waals surface area contributed by atoms with Gasteiger partial charge in [0, 0.05) is 11.3 Å². The summed E-state index contributed by atoms with van der Waals surface area (Å²) in [7, 11) is 3.15. The monoisotopic (exact) mass is 499 g/mol. The van der Waals surface area contributed by atoms with E-state index in [2.05, 4.69) is 20.8 Å². The maximum Gasteiger partial charge on any atom is 0.300 e. The first kappa shape index (κ1) is 26.0. The van der Waals surface area contributed by atoms with Gasteiger partial charge in [0.25, 0.3) is 11.7 Å². The number of aryl methyl sites for hydroxylation is 2. The molecule has 0 saturated carbocycles. The van der Waals surface area contributed by atoms with E-state index in [4.69, 9.17) is 9.47 Å². The normalized spacial score (nSPS) is 17.3. The largest absolute Gasteiger partial charge is 0.507 e. The van der Waals surface area contributed by atoms with Gasteiger partial charge in [-0.15, -0.1) is 0 Å². The highest BCUT2D eigenvalue weighted by Crippen LogP contribution is 2.43. The fourth-order valence-corrected chi connectivity index (χ4v) is 4.73. The number of methoxy groups -OCH3 is 2. The van der Waals surface area contributed by atoms with E-state index in [0.717, 1.165) is 22.3 Å². The fourth-order valence-electron chi connectivity index (χ4n) is 4.73. The number of rotatable bonds is 5. The summed E-state index contributed by atoms with van der Waals surface area (Å²) in [6, 6.07) is 17.6. The number of aliphatic hydroxyl groups is 1. The molecule has 192 valence electrons. The van der Waals surface area contributed by atoms with E-state index >= 15 is 0 Å². The second-order valence-electron chi connectivity index (χ2n) is 10.4. The molecule has 1 N–H and O–H groups in total. The SMILES string of the molecule is COc1ccc(N2C(=O)C(=O)/C(=C(/O)c3cc(C)c(OC)cc3C)C2c2ccc(C(C)(C)C)cc2)cc1. The molecule has 6 heteroatoms. The average molecular weight is 500 g/mol. The number of hydrogen-bond acceptors (Lipinski definition) is 5. The van der Waals surface area contributed by atoms with Crippen LogP contribution in [0.3, 0.4) is 0 Å². The van der Waals surface area contributed by atoms with E-state index in [1.54, 1.807) is 44.6 Å². The summed E-state index contributed by atoms with van der Waals surface area (Å²) in [4.78, 5) is 28.4. The van der Waals surface area contributed by atoms with E-state index in [1.165, 1.54) is 4.90 Å². The Labute approximate surface area is 218 Å². The minimum absolute atomic E-state index is 0.0528. The maximum absolute atomic E-state index is 13.5. The summed E-state index contributed by atoms with van der Waals surface area (Å²) in [5.41, 5.74) is 4.41. The van der Waals surface area contributed by atoms with Gasteiger partial charge in [-0.05, 0) is 77.9 Å². The number of nitrogens with zero attached hydrogens (tertiary/aromatic N) is 1. The van der Waals surface area contributed by atoms with Gasteiger partial charge < -0.3 is 14.6 Å². The number of hydrogen-bond donors (Lipinski definition) is 1. The molecule has 1 aliphatic heterocycles. The van der Waals surface area contributed by atoms with Crippen LogP contribution in [0.25, 0.3) is 5.76 Å². The van der Waals surface area contributed by atoms with Crippen LogP contribution >= 0.6 is 0 Å². The van der Waals surface area contributed by atoms with E-state index < -0.39 is 17.7 Å². The lowest BCUT2D eigenvalue weighted by Crippen LogP contribution is -2.29. The third kappa shape index (κ3) is 4.71. The van der Waals surface area contributed by atoms with Crippen molar-refractivity contribution in [1.29, 1.82) is 0 Å². The Bertz CT molecular complexity index is 1380. The Hall–Kier alpha value is -4.06. The van der Waals surface area contributed by atoms with Crippen molar-refractivity contribution < 1.29 is 24.2 Å². The number of ether oxygens (including phenoxy) is 2. The standard InChI is InChI=1S/C31H33NO5/c1-18-17-25(37-7)19(2)16-24(18)28(33)26-27(20-8-10-21(11-9-20)31(3,4)5)32(30(35)29(26)34)22-12-14-23(36-6)15-13-22/h8-17,27,33H,1-7H3/b28-26+. The number of ketones is 1. The molecule has 1 heterocycles. The molecule has 1 saturated heterocycles. The molecule has 6 nitrogen and oxygen atoms in total. The molecule has 37 heavy (non-hydrogen) atoms. The topological polar surface area (TPSA) is 76.1 Å². The van der Waals surface area contributed by atoms with Crippen molar-refractivity contribution in [3.8, 4) is 11.5 Å². The Kier molecular flexibility index (Phi) is 6.87. The molecular weight excluding hydrogens is 466 g/mol. The lowest BCUT2D eigenvalue weighted by atomic mass is 9.85. The van der Waals surface area contributed by atoms with Crippen molar-refractivity contribution in [3.63, 3.8) is 0 Å². The third-order valence-electron chi connectivity index (χ3n) is 6.88. The number of carbonyl (C=O) groups excluding carboxylic acids is 2. The molecular formula is C31H33NO5. The fraction of sp³-hybridized carbons (Fsp3) is 0.290. The second kappa shape index (κ2) is 9.77. The molecule has 3 aromatic rings. The highest BCUT2D eigenvalue weighted by Gasteiger charge is 2.47. The second-order valence-corrected chi connectivity index (χ2v) is 10.4. The van der Waals surface area contributed by atoms with Crippen LogP contribution in [0.1, 0.15) is 54.6 Å². The predicted molar refractivity (Wildman–Crippen MR) is 145 cm³/mol. The Morgan fingerprint density at radius 3 is 2.03 bits per heavy atom. The van der Waals surface area contributed by atoms with Crippen molar-refractivity contribution in [3.05, 3.63) is 94.1 Å². The molecule has 0 bridgehead atoms. The quantitative estimate of drug-likeness (QED) is 0.255. The number of carbonyl (C=O) groups is 2. The van der Waals surface area contributed by atoms with Crippen LogP contribution in [0.2, 0.25) is 0 Å². The minimum atomic E-state index is -0.802. The van der Waals surface area contributed by atoms with Gasteiger partial charge in [-0.3, -0.25) is 14.5 Å². The van der Waals surface area contributed by atoms with Gasteiger partial charge in [-0.2, -0.15) is 0 Å². The van der Waals surface area contributed by atoms with Gasteiger partial charge >= 0.3 is 0 Å². The lowest BCUT2D eigenvalue weighted by Gasteiger charge is -2.27. The summed E-state index contributed by atoms with van der Waals surface area (Å²) in [5.74, 6) is -0.314. The summed E-state index contributed by atoms with van der Waals surface area (Å²) < 4.78 is 10.7. The smallest absolute Gasteiger partial charge is 0.300 e. The van der Waals surface area contributed by atoms with Gasteiger partial charge in [0.1, 0.15) is 17.3 Å². The third-order valence-corrected chi connectivity index (χ3v) is 6.88. The zero-order valence-electron chi connectivity index (χ0n) is 22.4. The van der Waals surface area contributed by atoms with Gasteiger partial charge in [-0.25, -0.2) is 0 Å². The van der Waals surface area contributed by atoms with Crippen molar-refractivity contribution in [1.82, 2.24) is 0 Å². The number of benzene rings is 3. The highest BCUT2D eigenvalue weighted by molar-refractivity contribution is 6.51. The molecule has 0 spiro atoms. The maximum atomic E-state index is 13.5. The lowest BCUT2D eigenvalue weighted by molar-refractivity contribution is -0.132. The van der Waals surface area contributed by atoms with E-state index in [1.807, 2.05) is 44.2 Å². The predicted octanol–water partition coefficient (Wildman–Crippen LogP) is 6.24. The molecule has 0 aromatic heterocycles. The highest BCUT2D eigenvalue weighted by atomic mass is 16.5. The number of aliphatic hydroxyl groups excluding tert-OH is 1. The zero-order chi connectivity index (χ0) is 27.1. The van der Waals surface area contributed by atoms with Crippen molar-refractivity contribution in [2.24, 2.45) is 0 Å². The van der Waals surface area contributed by atoms with Crippen LogP contribution in [0.4, 0.5) is 5.69 Å². The minimum Gasteiger partial charge on any atom is -0.507 e. The number of Topliss-reactive ketones (excluding diaryl/α,β-unsaturated/α-hetero) is 1. The first-order valence-corrected chi connectivity index (χ1v) is 12.2. The number of amides is 1. The van der Waals surface area contributed by atoms with Crippen LogP contribution in [0.15, 0.2) is 66.2 Å². The molecule has 1 aliphatic rings. The molecule has 1 amide bonds. The molecule has 1 atom stereocenters. The Morgan fingerprint density at radius 2 is 1.49 bits per heavy atom. The molecule has 0 radical (unpaired) electrons. The van der Waals surface area contributed by atoms with Crippen LogP contribution < -0.4 is 14.4 Å². The average Bonchev–Trinajstić information content (AvgIpc) is 3.14. The van der Waals surface area contributed by atoms with Gasteiger partial charge in [-0.1, -0.05) is 45.0 Å². The number of anilines is 1. The van der Waals surface area contributed by atoms with E-state index in [9.17, 15) is 14.7 Å². The van der Waals surface area contributed by atoms with Crippen LogP contribution in [0.5, 0.6) is 11.5 Å². The summed E-state index contributed by atoms with van der Waals surface area (Å²) in [6.45, 7) is 10.1.